The Kier molecular flexibility index (Phi) is 5.39. The third-order valence-electron chi connectivity index (χ3n) is 4.92. The fraction of sp³-hybridized carbons (Fsp3) is 0.611. The summed E-state index contributed by atoms with van der Waals surface area (Å²) in [4.78, 5) is 16.8. The third kappa shape index (κ3) is 4.61. The summed E-state index contributed by atoms with van der Waals surface area (Å²) in [6.45, 7) is 4.95. The van der Waals surface area contributed by atoms with Crippen LogP contribution < -0.4 is 15.5 Å². The van der Waals surface area contributed by atoms with Crippen molar-refractivity contribution in [2.45, 2.75) is 25.3 Å². The summed E-state index contributed by atoms with van der Waals surface area (Å²) in [5.74, 6) is 0.537. The summed E-state index contributed by atoms with van der Waals surface area (Å²) in [6, 6.07) is 10.8. The molecule has 2 atom stereocenters. The van der Waals surface area contributed by atoms with Crippen LogP contribution in [0.1, 0.15) is 19.3 Å². The number of para-hydroxylation sites is 1. The zero-order valence-corrected chi connectivity index (χ0v) is 14.0. The van der Waals surface area contributed by atoms with Crippen molar-refractivity contribution in [1.29, 1.82) is 0 Å². The molecule has 2 saturated heterocycles. The number of carbonyl (C=O) groups excluding carboxylic acids is 1. The smallest absolute Gasteiger partial charge is 0.315 e. The molecule has 0 bridgehead atoms. The Morgan fingerprint density at radius 1 is 1.17 bits per heavy atom. The zero-order valence-electron chi connectivity index (χ0n) is 14.0. The van der Waals surface area contributed by atoms with Gasteiger partial charge in [0.1, 0.15) is 0 Å². The van der Waals surface area contributed by atoms with E-state index < -0.39 is 0 Å². The van der Waals surface area contributed by atoms with Crippen LogP contribution in [0.15, 0.2) is 30.3 Å². The quantitative estimate of drug-likeness (QED) is 0.892. The number of anilines is 1. The Hall–Kier alpha value is -1.75. The van der Waals surface area contributed by atoms with Gasteiger partial charge in [-0.05, 0) is 50.9 Å². The maximum atomic E-state index is 12.1. The van der Waals surface area contributed by atoms with E-state index in [2.05, 4.69) is 51.7 Å². The molecule has 2 heterocycles. The first kappa shape index (κ1) is 16.1. The van der Waals surface area contributed by atoms with Gasteiger partial charge in [-0.2, -0.15) is 0 Å². The van der Waals surface area contributed by atoms with Crippen LogP contribution >= 0.6 is 0 Å². The molecule has 126 valence electrons. The van der Waals surface area contributed by atoms with Crippen molar-refractivity contribution >= 4 is 11.7 Å². The lowest BCUT2D eigenvalue weighted by molar-refractivity contribution is 0.208. The molecule has 23 heavy (non-hydrogen) atoms. The number of amides is 2. The van der Waals surface area contributed by atoms with Gasteiger partial charge in [0.15, 0.2) is 0 Å². The van der Waals surface area contributed by atoms with Gasteiger partial charge >= 0.3 is 6.03 Å². The van der Waals surface area contributed by atoms with Crippen molar-refractivity contribution in [3.8, 4) is 0 Å². The van der Waals surface area contributed by atoms with Crippen molar-refractivity contribution in [2.24, 2.45) is 5.92 Å². The first-order chi connectivity index (χ1) is 11.2. The van der Waals surface area contributed by atoms with E-state index >= 15 is 0 Å². The normalized spacial score (nSPS) is 25.3. The van der Waals surface area contributed by atoms with Gasteiger partial charge in [-0.1, -0.05) is 18.2 Å². The highest BCUT2D eigenvalue weighted by Gasteiger charge is 2.24. The summed E-state index contributed by atoms with van der Waals surface area (Å²) in [6.07, 6.45) is 3.39. The summed E-state index contributed by atoms with van der Waals surface area (Å²) < 4.78 is 0. The first-order valence-electron chi connectivity index (χ1n) is 8.73. The van der Waals surface area contributed by atoms with Crippen LogP contribution in [-0.2, 0) is 0 Å². The summed E-state index contributed by atoms with van der Waals surface area (Å²) in [5, 5.41) is 6.17. The predicted molar refractivity (Wildman–Crippen MR) is 93.8 cm³/mol. The average molecular weight is 316 g/mol. The van der Waals surface area contributed by atoms with Crippen molar-refractivity contribution in [3.63, 3.8) is 0 Å². The fourth-order valence-electron chi connectivity index (χ4n) is 3.63. The van der Waals surface area contributed by atoms with E-state index in [1.165, 1.54) is 5.69 Å². The summed E-state index contributed by atoms with van der Waals surface area (Å²) in [7, 11) is 2.11. The van der Waals surface area contributed by atoms with Crippen molar-refractivity contribution < 1.29 is 4.79 Å². The maximum absolute atomic E-state index is 12.1. The molecule has 0 unspecified atom stereocenters. The minimum Gasteiger partial charge on any atom is -0.371 e. The minimum absolute atomic E-state index is 0.0107. The van der Waals surface area contributed by atoms with Gasteiger partial charge in [0.2, 0.25) is 0 Å². The predicted octanol–water partition coefficient (Wildman–Crippen LogP) is 1.91. The molecule has 2 aliphatic rings. The Balaban J connectivity index is 1.38. The number of benzene rings is 1. The molecule has 2 amide bonds. The zero-order chi connectivity index (χ0) is 16.1. The Morgan fingerprint density at radius 2 is 2.00 bits per heavy atom. The van der Waals surface area contributed by atoms with E-state index in [9.17, 15) is 4.79 Å². The Bertz CT molecular complexity index is 507. The average Bonchev–Trinajstić information content (AvgIpc) is 3.03. The molecule has 0 saturated carbocycles. The van der Waals surface area contributed by atoms with E-state index in [1.807, 2.05) is 6.07 Å². The second-order valence-corrected chi connectivity index (χ2v) is 6.89. The molecule has 2 aliphatic heterocycles. The second kappa shape index (κ2) is 7.68. The minimum atomic E-state index is -0.0107. The number of rotatable bonds is 4. The van der Waals surface area contributed by atoms with Gasteiger partial charge in [0.05, 0.1) is 0 Å². The lowest BCUT2D eigenvalue weighted by Gasteiger charge is -2.30. The van der Waals surface area contributed by atoms with Crippen LogP contribution in [0.2, 0.25) is 0 Å². The van der Waals surface area contributed by atoms with Gasteiger partial charge in [-0.3, -0.25) is 0 Å². The molecule has 5 heteroatoms. The van der Waals surface area contributed by atoms with E-state index in [-0.39, 0.29) is 12.1 Å². The van der Waals surface area contributed by atoms with Crippen molar-refractivity contribution in [1.82, 2.24) is 15.5 Å². The number of likely N-dealkylation sites (tertiary alicyclic amines) is 1. The number of urea groups is 1. The number of carbonyl (C=O) groups is 1. The summed E-state index contributed by atoms with van der Waals surface area (Å²) in [5.41, 5.74) is 1.28. The SMILES string of the molecule is CN1CCC[C@H](NC(=O)NC[C@H]2CCN(c3ccccc3)C2)C1. The Labute approximate surface area is 139 Å². The van der Waals surface area contributed by atoms with Gasteiger partial charge in [0.25, 0.3) is 0 Å². The third-order valence-corrected chi connectivity index (χ3v) is 4.92. The highest BCUT2D eigenvalue weighted by atomic mass is 16.2. The van der Waals surface area contributed by atoms with E-state index in [0.717, 1.165) is 52.0 Å². The molecule has 1 aromatic carbocycles. The van der Waals surface area contributed by atoms with Crippen molar-refractivity contribution in [3.05, 3.63) is 30.3 Å². The Morgan fingerprint density at radius 3 is 2.78 bits per heavy atom. The molecule has 0 radical (unpaired) electrons. The number of nitrogens with one attached hydrogen (secondary N) is 2. The second-order valence-electron chi connectivity index (χ2n) is 6.89. The number of hydrogen-bond donors (Lipinski definition) is 2. The molecule has 5 nitrogen and oxygen atoms in total. The summed E-state index contributed by atoms with van der Waals surface area (Å²) >= 11 is 0. The van der Waals surface area contributed by atoms with Crippen LogP contribution in [-0.4, -0.2) is 56.7 Å². The molecule has 3 rings (SSSR count). The number of piperidine rings is 1. The number of likely N-dealkylation sites (N-methyl/N-ethyl adjacent to an activating group) is 1. The van der Waals surface area contributed by atoms with Crippen LogP contribution in [0.25, 0.3) is 0 Å². The van der Waals surface area contributed by atoms with Crippen LogP contribution in [0.4, 0.5) is 10.5 Å². The van der Waals surface area contributed by atoms with E-state index in [0.29, 0.717) is 5.92 Å². The van der Waals surface area contributed by atoms with E-state index in [4.69, 9.17) is 0 Å². The molecule has 0 spiro atoms. The molecule has 0 aromatic heterocycles. The van der Waals surface area contributed by atoms with Gasteiger partial charge < -0.3 is 20.4 Å². The van der Waals surface area contributed by atoms with Gasteiger partial charge in [-0.25, -0.2) is 4.79 Å². The molecule has 2 N–H and O–H groups in total. The van der Waals surface area contributed by atoms with Crippen LogP contribution in [0.3, 0.4) is 0 Å². The highest BCUT2D eigenvalue weighted by molar-refractivity contribution is 5.74. The topological polar surface area (TPSA) is 47.6 Å². The molecular weight excluding hydrogens is 288 g/mol. The lowest BCUT2D eigenvalue weighted by atomic mass is 10.1. The monoisotopic (exact) mass is 316 g/mol. The van der Waals surface area contributed by atoms with Crippen molar-refractivity contribution in [2.75, 3.05) is 44.7 Å². The standard InChI is InChI=1S/C18H28N4O/c1-21-10-5-6-16(14-21)20-18(23)19-12-15-9-11-22(13-15)17-7-3-2-4-8-17/h2-4,7-8,15-16H,5-6,9-14H2,1H3,(H2,19,20,23)/t15-,16+/m1/s1. The largest absolute Gasteiger partial charge is 0.371 e. The van der Waals surface area contributed by atoms with Gasteiger partial charge in [-0.15, -0.1) is 0 Å². The fourth-order valence-corrected chi connectivity index (χ4v) is 3.63. The first-order valence-corrected chi connectivity index (χ1v) is 8.73. The molecule has 0 aliphatic carbocycles. The van der Waals surface area contributed by atoms with Crippen LogP contribution in [0, 0.1) is 5.92 Å². The van der Waals surface area contributed by atoms with Crippen LogP contribution in [0.5, 0.6) is 0 Å². The maximum Gasteiger partial charge on any atom is 0.315 e. The van der Waals surface area contributed by atoms with E-state index in [1.54, 1.807) is 0 Å². The number of nitrogens with zero attached hydrogens (tertiary/aromatic N) is 2. The highest BCUT2D eigenvalue weighted by Crippen LogP contribution is 2.22. The van der Waals surface area contributed by atoms with Gasteiger partial charge in [0, 0.05) is 37.9 Å². The molecule has 2 fully saturated rings. The molecule has 1 aromatic rings. The molecular formula is C18H28N4O. The number of hydrogen-bond acceptors (Lipinski definition) is 3. The lowest BCUT2D eigenvalue weighted by Crippen LogP contribution is -2.50.